The topological polar surface area (TPSA) is 145 Å². The number of carbonyl (C=O) groups excluding carboxylic acids is 3. The Morgan fingerprint density at radius 2 is 1.83 bits per heavy atom. The van der Waals surface area contributed by atoms with E-state index in [1.807, 2.05) is 52.0 Å². The maximum Gasteiger partial charge on any atom is 0.407 e. The molecule has 2 heterocycles. The summed E-state index contributed by atoms with van der Waals surface area (Å²) in [6.45, 7) is 8.03. The van der Waals surface area contributed by atoms with Crippen molar-refractivity contribution < 1.29 is 43.2 Å². The Labute approximate surface area is 247 Å². The molecule has 2 aliphatic heterocycles. The molecule has 0 saturated carbocycles. The van der Waals surface area contributed by atoms with E-state index < -0.39 is 48.0 Å². The molecule has 0 spiro atoms. The Morgan fingerprint density at radius 1 is 1.07 bits per heavy atom. The summed E-state index contributed by atoms with van der Waals surface area (Å²) < 4.78 is 27.7. The zero-order valence-electron chi connectivity index (χ0n) is 25.4. The van der Waals surface area contributed by atoms with Crippen molar-refractivity contribution in [1.29, 1.82) is 0 Å². The third-order valence-corrected chi connectivity index (χ3v) is 7.38. The van der Waals surface area contributed by atoms with Crippen LogP contribution in [0.25, 0.3) is 0 Å². The Kier molecular flexibility index (Phi) is 11.9. The quantitative estimate of drug-likeness (QED) is 0.356. The molecule has 1 saturated heterocycles. The smallest absolute Gasteiger partial charge is 0.407 e. The minimum Gasteiger partial charge on any atom is -0.493 e. The summed E-state index contributed by atoms with van der Waals surface area (Å²) in [5, 5.41) is 16.0. The van der Waals surface area contributed by atoms with Crippen LogP contribution in [0.15, 0.2) is 24.3 Å². The number of aryl methyl sites for hydroxylation is 1. The molecule has 3 N–H and O–H groups in total. The van der Waals surface area contributed by atoms with Gasteiger partial charge in [-0.3, -0.25) is 4.79 Å². The number of carbonyl (C=O) groups is 3. The van der Waals surface area contributed by atoms with E-state index in [4.69, 9.17) is 23.7 Å². The highest BCUT2D eigenvalue weighted by atomic mass is 16.6. The van der Waals surface area contributed by atoms with Gasteiger partial charge in [0, 0.05) is 19.1 Å². The number of cyclic esters (lactones) is 1. The molecular formula is C30H45N3O9. The first-order valence-electron chi connectivity index (χ1n) is 14.3. The second kappa shape index (κ2) is 15.1. The van der Waals surface area contributed by atoms with Crippen LogP contribution in [0.1, 0.15) is 57.6 Å². The van der Waals surface area contributed by atoms with Gasteiger partial charge in [0.15, 0.2) is 17.8 Å². The van der Waals surface area contributed by atoms with Crippen LogP contribution in [0.2, 0.25) is 0 Å². The Balaban J connectivity index is 1.87. The van der Waals surface area contributed by atoms with Gasteiger partial charge in [-0.2, -0.15) is 0 Å². The molecule has 3 amide bonds. The van der Waals surface area contributed by atoms with Crippen molar-refractivity contribution in [2.75, 3.05) is 34.0 Å². The van der Waals surface area contributed by atoms with Crippen molar-refractivity contribution in [3.8, 4) is 11.5 Å². The van der Waals surface area contributed by atoms with E-state index in [9.17, 15) is 19.5 Å². The lowest BCUT2D eigenvalue weighted by Crippen LogP contribution is -2.57. The second-order valence-corrected chi connectivity index (χ2v) is 11.6. The summed E-state index contributed by atoms with van der Waals surface area (Å²) in [6, 6.07) is 1.95. The molecule has 4 unspecified atom stereocenters. The fraction of sp³-hybridized carbons (Fsp3) is 0.633. The standard InChI is InChI=1S/C30H45N3O9/c1-19-12-13-23(38-5)24-21(19)17-31-28(36)42-20-16-22(27(35)39-6)33(18-20)26(34)25(30(2,3)4)32-29(37)41-15-11-9-7-8-10-14-40-24/h8,10,12-13,20,22,25,27,35H,7,9,11,14-18H2,1-6H3,(H,31,36)(H,32,37). The first kappa shape index (κ1) is 33.0. The van der Waals surface area contributed by atoms with Gasteiger partial charge in [-0.05, 0) is 43.2 Å². The number of hydrogen-bond donors (Lipinski definition) is 3. The molecule has 12 heteroatoms. The highest BCUT2D eigenvalue weighted by Crippen LogP contribution is 2.34. The van der Waals surface area contributed by atoms with E-state index in [-0.39, 0.29) is 26.1 Å². The number of aliphatic hydroxyl groups is 1. The Bertz CT molecular complexity index is 1120. The van der Waals surface area contributed by atoms with Crippen LogP contribution >= 0.6 is 0 Å². The maximum absolute atomic E-state index is 13.8. The van der Waals surface area contributed by atoms with Crippen LogP contribution in [0, 0.1) is 12.3 Å². The normalized spacial score (nSPS) is 24.0. The molecule has 3 rings (SSSR count). The second-order valence-electron chi connectivity index (χ2n) is 11.6. The molecule has 0 radical (unpaired) electrons. The van der Waals surface area contributed by atoms with E-state index in [0.717, 1.165) is 24.0 Å². The molecule has 2 bridgehead atoms. The van der Waals surface area contributed by atoms with Crippen molar-refractivity contribution in [2.45, 2.75) is 84.4 Å². The average Bonchev–Trinajstić information content (AvgIpc) is 3.36. The molecule has 4 atom stereocenters. The number of nitrogens with zero attached hydrogens (tertiary/aromatic N) is 1. The van der Waals surface area contributed by atoms with Crippen LogP contribution < -0.4 is 20.1 Å². The van der Waals surface area contributed by atoms with Crippen molar-refractivity contribution in [1.82, 2.24) is 15.5 Å². The summed E-state index contributed by atoms with van der Waals surface area (Å²) in [7, 11) is 2.88. The highest BCUT2D eigenvalue weighted by Gasteiger charge is 2.46. The summed E-state index contributed by atoms with van der Waals surface area (Å²) in [5.74, 6) is 0.630. The molecule has 234 valence electrons. The molecule has 1 aromatic carbocycles. The van der Waals surface area contributed by atoms with Gasteiger partial charge in [-0.1, -0.05) is 39.0 Å². The van der Waals surface area contributed by atoms with Gasteiger partial charge in [-0.25, -0.2) is 9.59 Å². The number of nitrogens with one attached hydrogen (secondary N) is 2. The van der Waals surface area contributed by atoms with Crippen molar-refractivity contribution >= 4 is 18.1 Å². The molecule has 0 aliphatic carbocycles. The lowest BCUT2D eigenvalue weighted by atomic mass is 9.85. The van der Waals surface area contributed by atoms with E-state index in [0.29, 0.717) is 24.5 Å². The third kappa shape index (κ3) is 8.75. The average molecular weight is 592 g/mol. The van der Waals surface area contributed by atoms with Gasteiger partial charge in [-0.15, -0.1) is 0 Å². The predicted molar refractivity (Wildman–Crippen MR) is 154 cm³/mol. The number of aliphatic hydroxyl groups excluding tert-OH is 1. The number of alkyl carbamates (subject to hydrolysis) is 2. The number of methoxy groups -OCH3 is 2. The Morgan fingerprint density at radius 3 is 2.52 bits per heavy atom. The largest absolute Gasteiger partial charge is 0.493 e. The van der Waals surface area contributed by atoms with Crippen LogP contribution in [-0.4, -0.2) is 86.6 Å². The van der Waals surface area contributed by atoms with Crippen molar-refractivity contribution in [3.63, 3.8) is 0 Å². The number of benzene rings is 1. The fourth-order valence-electron chi connectivity index (χ4n) is 5.01. The first-order chi connectivity index (χ1) is 20.0. The van der Waals surface area contributed by atoms with Crippen LogP contribution in [-0.2, 0) is 25.5 Å². The fourth-order valence-corrected chi connectivity index (χ4v) is 5.01. The number of amides is 3. The monoisotopic (exact) mass is 591 g/mol. The molecule has 12 nitrogen and oxygen atoms in total. The predicted octanol–water partition coefficient (Wildman–Crippen LogP) is 3.42. The van der Waals surface area contributed by atoms with Gasteiger partial charge >= 0.3 is 12.2 Å². The number of fused-ring (bicyclic) bond motifs is 3. The van der Waals surface area contributed by atoms with Crippen LogP contribution in [0.3, 0.4) is 0 Å². The van der Waals surface area contributed by atoms with Gasteiger partial charge in [0.1, 0.15) is 18.8 Å². The maximum atomic E-state index is 13.8. The SMILES string of the molecule is COc1ccc(C)c2c1OCC=CCCCCOC(=O)NC(C(C)(C)C)C(=O)N1CC(CC1C(O)OC)OC(=O)NC2. The van der Waals surface area contributed by atoms with Crippen LogP contribution in [0.4, 0.5) is 9.59 Å². The molecule has 1 aromatic rings. The first-order valence-corrected chi connectivity index (χ1v) is 14.3. The lowest BCUT2D eigenvalue weighted by molar-refractivity contribution is -0.152. The summed E-state index contributed by atoms with van der Waals surface area (Å²) in [4.78, 5) is 40.7. The van der Waals surface area contributed by atoms with Gasteiger partial charge in [0.05, 0.1) is 32.8 Å². The molecule has 42 heavy (non-hydrogen) atoms. The van der Waals surface area contributed by atoms with Crippen molar-refractivity contribution in [2.24, 2.45) is 5.41 Å². The molecular weight excluding hydrogens is 546 g/mol. The van der Waals surface area contributed by atoms with Gasteiger partial charge < -0.3 is 44.3 Å². The number of allylic oxidation sites excluding steroid dienone is 1. The zero-order chi connectivity index (χ0) is 30.9. The summed E-state index contributed by atoms with van der Waals surface area (Å²) in [5.41, 5.74) is 0.974. The number of hydrogen-bond acceptors (Lipinski definition) is 9. The molecule has 0 aromatic heterocycles. The highest BCUT2D eigenvalue weighted by molar-refractivity contribution is 5.87. The lowest BCUT2D eigenvalue weighted by Gasteiger charge is -2.36. The third-order valence-electron chi connectivity index (χ3n) is 7.38. The van der Waals surface area contributed by atoms with Crippen LogP contribution in [0.5, 0.6) is 11.5 Å². The minimum absolute atomic E-state index is 0.0134. The van der Waals surface area contributed by atoms with E-state index in [2.05, 4.69) is 10.6 Å². The van der Waals surface area contributed by atoms with E-state index in [1.165, 1.54) is 12.0 Å². The minimum atomic E-state index is -1.32. The Hall–Kier alpha value is -3.51. The zero-order valence-corrected chi connectivity index (χ0v) is 25.4. The van der Waals surface area contributed by atoms with Gasteiger partial charge in [0.25, 0.3) is 0 Å². The van der Waals surface area contributed by atoms with E-state index >= 15 is 0 Å². The molecule has 2 aliphatic rings. The summed E-state index contributed by atoms with van der Waals surface area (Å²) in [6.07, 6.45) is 2.82. The number of ether oxygens (including phenoxy) is 5. The number of rotatable bonds is 3. The van der Waals surface area contributed by atoms with E-state index in [1.54, 1.807) is 7.11 Å². The summed E-state index contributed by atoms with van der Waals surface area (Å²) >= 11 is 0. The van der Waals surface area contributed by atoms with Crippen molar-refractivity contribution in [3.05, 3.63) is 35.4 Å². The van der Waals surface area contributed by atoms with Gasteiger partial charge in [0.2, 0.25) is 5.91 Å². The molecule has 1 fully saturated rings.